The second kappa shape index (κ2) is 9.13. The summed E-state index contributed by atoms with van der Waals surface area (Å²) in [5.41, 5.74) is 3.71. The van der Waals surface area contributed by atoms with Crippen molar-refractivity contribution in [3.63, 3.8) is 0 Å². The Morgan fingerprint density at radius 2 is 1.64 bits per heavy atom. The number of nitrogens with zero attached hydrogens (tertiary/aromatic N) is 1. The molecule has 0 fully saturated rings. The number of carbonyl (C=O) groups is 1. The summed E-state index contributed by atoms with van der Waals surface area (Å²) in [5, 5.41) is 15.3. The third-order valence-electron chi connectivity index (χ3n) is 4.95. The third kappa shape index (κ3) is 4.86. The summed E-state index contributed by atoms with van der Waals surface area (Å²) in [4.78, 5) is 12.4. The Hall–Kier alpha value is -4.17. The lowest BCUT2D eigenvalue weighted by Crippen LogP contribution is -2.18. The SMILES string of the molecule is Cc1ccc(S(=O)(=O)Oc2ccc3ccccc3c2C=NNC(=O)c2ccccc2O)cc1. The van der Waals surface area contributed by atoms with Gasteiger partial charge in [0.1, 0.15) is 10.6 Å². The van der Waals surface area contributed by atoms with Crippen molar-refractivity contribution in [2.45, 2.75) is 11.8 Å². The molecule has 0 unspecified atom stereocenters. The molecule has 2 N–H and O–H groups in total. The van der Waals surface area contributed by atoms with E-state index in [4.69, 9.17) is 4.18 Å². The molecule has 0 saturated carbocycles. The van der Waals surface area contributed by atoms with Crippen LogP contribution in [0.25, 0.3) is 10.8 Å². The van der Waals surface area contributed by atoms with E-state index in [0.717, 1.165) is 10.9 Å². The van der Waals surface area contributed by atoms with Crippen LogP contribution in [0.2, 0.25) is 0 Å². The molecule has 0 aliphatic carbocycles. The number of carbonyl (C=O) groups excluding carboxylic acids is 1. The number of aryl methyl sites for hydroxylation is 1. The highest BCUT2D eigenvalue weighted by Gasteiger charge is 2.19. The fourth-order valence-electron chi connectivity index (χ4n) is 3.23. The first-order chi connectivity index (χ1) is 15.8. The van der Waals surface area contributed by atoms with Gasteiger partial charge in [0.05, 0.1) is 11.8 Å². The van der Waals surface area contributed by atoms with Crippen molar-refractivity contribution >= 4 is 33.0 Å². The Morgan fingerprint density at radius 1 is 0.939 bits per heavy atom. The van der Waals surface area contributed by atoms with Crippen LogP contribution >= 0.6 is 0 Å². The molecule has 4 rings (SSSR count). The van der Waals surface area contributed by atoms with Crippen LogP contribution in [0, 0.1) is 6.92 Å². The summed E-state index contributed by atoms with van der Waals surface area (Å²) in [7, 11) is -4.09. The molecule has 7 nitrogen and oxygen atoms in total. The van der Waals surface area contributed by atoms with Gasteiger partial charge in [0.15, 0.2) is 5.75 Å². The first-order valence-corrected chi connectivity index (χ1v) is 11.4. The number of amides is 1. The monoisotopic (exact) mass is 460 g/mol. The van der Waals surface area contributed by atoms with Crippen LogP contribution in [0.4, 0.5) is 0 Å². The smallest absolute Gasteiger partial charge is 0.339 e. The summed E-state index contributed by atoms with van der Waals surface area (Å²) in [5.74, 6) is -0.724. The second-order valence-corrected chi connectivity index (χ2v) is 8.81. The van der Waals surface area contributed by atoms with Gasteiger partial charge in [-0.25, -0.2) is 5.43 Å². The maximum Gasteiger partial charge on any atom is 0.339 e. The molecule has 0 aliphatic rings. The molecule has 8 heteroatoms. The van der Waals surface area contributed by atoms with Crippen LogP contribution in [-0.4, -0.2) is 25.6 Å². The molecule has 0 heterocycles. The number of benzene rings is 4. The molecular formula is C25H20N2O5S. The molecule has 0 aromatic heterocycles. The van der Waals surface area contributed by atoms with Crippen molar-refractivity contribution < 1.29 is 22.5 Å². The molecule has 0 saturated heterocycles. The van der Waals surface area contributed by atoms with Gasteiger partial charge in [-0.1, -0.05) is 60.2 Å². The van der Waals surface area contributed by atoms with Gasteiger partial charge in [-0.2, -0.15) is 13.5 Å². The van der Waals surface area contributed by atoms with Gasteiger partial charge < -0.3 is 9.29 Å². The van der Waals surface area contributed by atoms with Gasteiger partial charge in [0, 0.05) is 5.56 Å². The summed E-state index contributed by atoms with van der Waals surface area (Å²) in [6, 6.07) is 23.0. The topological polar surface area (TPSA) is 105 Å². The largest absolute Gasteiger partial charge is 0.507 e. The fraction of sp³-hybridized carbons (Fsp3) is 0.0400. The van der Waals surface area contributed by atoms with Gasteiger partial charge >= 0.3 is 10.1 Å². The number of hydrazone groups is 1. The number of phenolic OH excluding ortho intramolecular Hbond substituents is 1. The van der Waals surface area contributed by atoms with Crippen molar-refractivity contribution in [1.82, 2.24) is 5.43 Å². The minimum Gasteiger partial charge on any atom is -0.507 e. The summed E-state index contributed by atoms with van der Waals surface area (Å²) in [6.07, 6.45) is 1.32. The minimum atomic E-state index is -4.09. The normalized spacial score (nSPS) is 11.5. The van der Waals surface area contributed by atoms with Crippen molar-refractivity contribution in [3.05, 3.63) is 102 Å². The Balaban J connectivity index is 1.68. The highest BCUT2D eigenvalue weighted by molar-refractivity contribution is 7.87. The van der Waals surface area contributed by atoms with E-state index in [-0.39, 0.29) is 22.0 Å². The Labute approximate surface area is 191 Å². The van der Waals surface area contributed by atoms with Gasteiger partial charge in [0.2, 0.25) is 0 Å². The number of rotatable bonds is 6. The lowest BCUT2D eigenvalue weighted by Gasteiger charge is -2.12. The van der Waals surface area contributed by atoms with Crippen molar-refractivity contribution in [2.24, 2.45) is 5.10 Å². The van der Waals surface area contributed by atoms with Gasteiger partial charge in [0.25, 0.3) is 5.91 Å². The molecule has 0 spiro atoms. The van der Waals surface area contributed by atoms with E-state index in [2.05, 4.69) is 10.5 Å². The van der Waals surface area contributed by atoms with Crippen LogP contribution in [0.1, 0.15) is 21.5 Å². The lowest BCUT2D eigenvalue weighted by atomic mass is 10.0. The summed E-state index contributed by atoms with van der Waals surface area (Å²) in [6.45, 7) is 1.86. The Morgan fingerprint density at radius 3 is 2.39 bits per heavy atom. The molecular weight excluding hydrogens is 440 g/mol. The van der Waals surface area contributed by atoms with E-state index in [9.17, 15) is 18.3 Å². The summed E-state index contributed by atoms with van der Waals surface area (Å²) >= 11 is 0. The number of phenols is 1. The van der Waals surface area contributed by atoms with Gasteiger partial charge in [-0.15, -0.1) is 0 Å². The van der Waals surface area contributed by atoms with Crippen LogP contribution in [0.15, 0.2) is 94.9 Å². The molecule has 0 aliphatic heterocycles. The third-order valence-corrected chi connectivity index (χ3v) is 6.20. The van der Waals surface area contributed by atoms with E-state index < -0.39 is 16.0 Å². The van der Waals surface area contributed by atoms with Crippen LogP contribution < -0.4 is 9.61 Å². The molecule has 1 amide bonds. The average Bonchev–Trinajstić information content (AvgIpc) is 2.80. The fourth-order valence-corrected chi connectivity index (χ4v) is 4.18. The van der Waals surface area contributed by atoms with Gasteiger partial charge in [-0.05, 0) is 48.0 Å². The molecule has 0 radical (unpaired) electrons. The average molecular weight is 461 g/mol. The standard InChI is InChI=1S/C25H20N2O5S/c1-17-10-13-19(14-11-17)33(30,31)32-24-15-12-18-6-2-3-7-20(18)22(24)16-26-27-25(29)21-8-4-5-9-23(21)28/h2-16,28H,1H3,(H,27,29). The van der Waals surface area contributed by atoms with Crippen LogP contribution in [0.3, 0.4) is 0 Å². The number of para-hydroxylation sites is 1. The zero-order chi connectivity index (χ0) is 23.4. The number of hydrogen-bond donors (Lipinski definition) is 2. The molecule has 4 aromatic carbocycles. The second-order valence-electron chi connectivity index (χ2n) is 7.27. The molecule has 166 valence electrons. The van der Waals surface area contributed by atoms with Crippen LogP contribution in [0.5, 0.6) is 11.5 Å². The number of hydrogen-bond acceptors (Lipinski definition) is 6. The highest BCUT2D eigenvalue weighted by atomic mass is 32.2. The predicted octanol–water partition coefficient (Wildman–Crippen LogP) is 4.39. The van der Waals surface area contributed by atoms with Crippen molar-refractivity contribution in [3.8, 4) is 11.5 Å². The maximum atomic E-state index is 12.8. The molecule has 0 bridgehead atoms. The molecule has 0 atom stereocenters. The summed E-state index contributed by atoms with van der Waals surface area (Å²) < 4.78 is 31.1. The maximum absolute atomic E-state index is 12.8. The first kappa shape index (κ1) is 22.0. The predicted molar refractivity (Wildman–Crippen MR) is 126 cm³/mol. The van der Waals surface area contributed by atoms with Crippen molar-refractivity contribution in [1.29, 1.82) is 0 Å². The quantitative estimate of drug-likeness (QED) is 0.252. The lowest BCUT2D eigenvalue weighted by molar-refractivity contribution is 0.0952. The van der Waals surface area contributed by atoms with E-state index >= 15 is 0 Å². The van der Waals surface area contributed by atoms with E-state index in [1.54, 1.807) is 48.5 Å². The van der Waals surface area contributed by atoms with E-state index in [1.807, 2.05) is 19.1 Å². The zero-order valence-electron chi connectivity index (χ0n) is 17.6. The number of nitrogens with one attached hydrogen (secondary N) is 1. The zero-order valence-corrected chi connectivity index (χ0v) is 18.4. The highest BCUT2D eigenvalue weighted by Crippen LogP contribution is 2.29. The molecule has 33 heavy (non-hydrogen) atoms. The van der Waals surface area contributed by atoms with Crippen molar-refractivity contribution in [2.75, 3.05) is 0 Å². The van der Waals surface area contributed by atoms with E-state index in [0.29, 0.717) is 10.9 Å². The Bertz CT molecular complexity index is 1460. The van der Waals surface area contributed by atoms with E-state index in [1.165, 1.54) is 30.5 Å². The Kier molecular flexibility index (Phi) is 6.10. The molecule has 4 aromatic rings. The number of fused-ring (bicyclic) bond motifs is 1. The van der Waals surface area contributed by atoms with Crippen LogP contribution in [-0.2, 0) is 10.1 Å². The number of aromatic hydroxyl groups is 1. The minimum absolute atomic E-state index is 0.0250. The van der Waals surface area contributed by atoms with Gasteiger partial charge in [-0.3, -0.25) is 4.79 Å². The first-order valence-electron chi connectivity index (χ1n) is 9.99.